The zero-order valence-corrected chi connectivity index (χ0v) is 47.8. The number of anilines is 1. The smallest absolute Gasteiger partial charge is 0.160 e. The summed E-state index contributed by atoms with van der Waals surface area (Å²) in [5.41, 5.74) is 11.2. The van der Waals surface area contributed by atoms with Gasteiger partial charge in [-0.05, 0) is 227 Å². The highest BCUT2D eigenvalue weighted by atomic mass is 16.6. The lowest BCUT2D eigenvalue weighted by molar-refractivity contribution is -0.206. The predicted octanol–water partition coefficient (Wildman–Crippen LogP) is 11.3. The van der Waals surface area contributed by atoms with Crippen molar-refractivity contribution in [2.75, 3.05) is 25.9 Å². The quantitative estimate of drug-likeness (QED) is 0.0847. The van der Waals surface area contributed by atoms with Gasteiger partial charge in [-0.1, -0.05) is 84.4 Å². The van der Waals surface area contributed by atoms with E-state index >= 15 is 9.59 Å². The number of aromatic hydroxyl groups is 1. The largest absolute Gasteiger partial charge is 0.508 e. The lowest BCUT2D eigenvalue weighted by Crippen LogP contribution is -2.71. The van der Waals surface area contributed by atoms with Crippen LogP contribution in [-0.2, 0) is 27.3 Å². The molecule has 0 radical (unpaired) electrons. The van der Waals surface area contributed by atoms with Crippen molar-refractivity contribution in [3.05, 3.63) is 69.8 Å². The van der Waals surface area contributed by atoms with Gasteiger partial charge in [0.25, 0.3) is 0 Å². The number of nitrogens with two attached hydrogens (primary N) is 1. The Morgan fingerprint density at radius 2 is 1.64 bits per heavy atom. The molecule has 10 nitrogen and oxygen atoms in total. The normalized spacial score (nSPS) is 43.8. The second kappa shape index (κ2) is 20.1. The van der Waals surface area contributed by atoms with Gasteiger partial charge in [-0.25, -0.2) is 0 Å². The summed E-state index contributed by atoms with van der Waals surface area (Å²) >= 11 is 0. The number of rotatable bonds is 11. The first-order chi connectivity index (χ1) is 36.1. The number of ether oxygens (including phenoxy) is 1. The first-order valence-corrected chi connectivity index (χ1v) is 30.7. The SMILES string of the molecule is CNCc1cc(O)cc(C2CC3(C)C4C(CC56CCCC7CCC(CO)CC7C(CC(O)C7OC7(C)C7CCCC7c7cc(N)cc(CC(C)C)c7)C7=C(CCC35)C6(C)CC7=O)NCC(C)(O)CCCCC4(C)C2=O)c1. The molecule has 11 rings (SSSR count). The number of epoxide rings is 1. The van der Waals surface area contributed by atoms with E-state index in [2.05, 4.69) is 76.4 Å². The Hall–Kier alpha value is -3.12. The Kier molecular flexibility index (Phi) is 14.5. The van der Waals surface area contributed by atoms with Gasteiger partial charge in [-0.15, -0.1) is 0 Å². The topological polar surface area (TPSA) is 178 Å². The molecule has 7 aliphatic carbocycles. The molecule has 10 heteroatoms. The van der Waals surface area contributed by atoms with Crippen LogP contribution in [0, 0.1) is 69.0 Å². The number of hydrogen-bond acceptors (Lipinski definition) is 10. The van der Waals surface area contributed by atoms with Gasteiger partial charge in [0, 0.05) is 54.6 Å². The number of nitrogens with one attached hydrogen (secondary N) is 2. The van der Waals surface area contributed by atoms with Crippen LogP contribution in [0.15, 0.2) is 47.5 Å². The molecule has 2 saturated heterocycles. The molecule has 0 amide bonds. The number of carbonyl (C=O) groups is 2. The fraction of sp³-hybridized carbons (Fsp3) is 0.758. The third-order valence-corrected chi connectivity index (χ3v) is 23.7. The molecule has 2 aliphatic heterocycles. The van der Waals surface area contributed by atoms with Crippen molar-refractivity contribution < 1.29 is 34.8 Å². The Morgan fingerprint density at radius 1 is 0.868 bits per heavy atom. The first kappa shape index (κ1) is 54.8. The van der Waals surface area contributed by atoms with Gasteiger partial charge >= 0.3 is 0 Å². The number of carbonyl (C=O) groups excluding carboxylic acids is 2. The number of benzene rings is 2. The molecule has 2 aromatic rings. The van der Waals surface area contributed by atoms with Gasteiger partial charge in [0.1, 0.15) is 17.6 Å². The van der Waals surface area contributed by atoms with E-state index in [4.69, 9.17) is 10.5 Å². The molecule has 8 N–H and O–H groups in total. The summed E-state index contributed by atoms with van der Waals surface area (Å²) in [4.78, 5) is 31.6. The van der Waals surface area contributed by atoms with E-state index in [0.717, 1.165) is 125 Å². The molecular formula is C66H97N3O7. The van der Waals surface area contributed by atoms with E-state index in [9.17, 15) is 20.4 Å². The Balaban J connectivity index is 0.988. The maximum Gasteiger partial charge on any atom is 0.160 e. The third-order valence-electron chi connectivity index (χ3n) is 23.7. The van der Waals surface area contributed by atoms with E-state index in [-0.39, 0.29) is 82.5 Å². The summed E-state index contributed by atoms with van der Waals surface area (Å²) in [6, 6.07) is 12.5. The zero-order valence-electron chi connectivity index (χ0n) is 47.8. The molecule has 18 atom stereocenters. The van der Waals surface area contributed by atoms with E-state index in [1.165, 1.54) is 16.7 Å². The van der Waals surface area contributed by atoms with Crippen molar-refractivity contribution >= 4 is 17.3 Å². The number of nitrogen functional groups attached to an aromatic ring is 1. The van der Waals surface area contributed by atoms with Crippen molar-refractivity contribution in [1.29, 1.82) is 0 Å². The van der Waals surface area contributed by atoms with Crippen molar-refractivity contribution in [1.82, 2.24) is 10.6 Å². The number of fused-ring (bicyclic) bond motifs is 2. The number of Topliss-reactive ketones (excluding diaryl/α,β-unsaturated/α-hetero) is 2. The van der Waals surface area contributed by atoms with Crippen LogP contribution >= 0.6 is 0 Å². The minimum atomic E-state index is -0.886. The third kappa shape index (κ3) is 9.11. The lowest BCUT2D eigenvalue weighted by atomic mass is 9.32. The van der Waals surface area contributed by atoms with Gasteiger partial charge in [0.2, 0.25) is 0 Å². The molecule has 9 aliphatic rings. The molecule has 0 aromatic heterocycles. The first-order valence-electron chi connectivity index (χ1n) is 30.7. The van der Waals surface area contributed by atoms with E-state index in [1.54, 1.807) is 0 Å². The molecule has 7 fully saturated rings. The highest BCUT2D eigenvalue weighted by Gasteiger charge is 2.73. The summed E-state index contributed by atoms with van der Waals surface area (Å²) in [7, 11) is 1.92. The van der Waals surface area contributed by atoms with Crippen LogP contribution in [0.25, 0.3) is 0 Å². The maximum absolute atomic E-state index is 15.8. The van der Waals surface area contributed by atoms with E-state index < -0.39 is 28.1 Å². The molecule has 5 saturated carbocycles. The summed E-state index contributed by atoms with van der Waals surface area (Å²) in [6.45, 7) is 17.2. The number of aliphatic hydroxyl groups is 3. The monoisotopic (exact) mass is 1040 g/mol. The van der Waals surface area contributed by atoms with Gasteiger partial charge in [-0.3, -0.25) is 9.59 Å². The van der Waals surface area contributed by atoms with Gasteiger partial charge in [0.05, 0.1) is 17.3 Å². The standard InChI is InChI=1S/C66H97N3O7/c1-38(2)23-40-24-43(29-45(67)26-40)47-14-11-15-51(47)65(7)60(76-65)54(72)31-49-48-28-39(36-70)16-17-42(48)13-12-22-66-33-53-58-62(4,21-10-9-20-61(3,75)37-69-53)59(74)50(44-25-41(35-68-8)27-46(71)30-44)32-63(58,5)56(66)19-18-52-57(49)55(73)34-64(52,66)6/h24-27,29-30,38-39,42,47-51,53-54,56,58,60,68-72,75H,9-23,28,31-37,67H2,1-8H3. The van der Waals surface area contributed by atoms with Gasteiger partial charge in [-0.2, -0.15) is 0 Å². The second-order valence-electron chi connectivity index (χ2n) is 29.0. The highest BCUT2D eigenvalue weighted by Crippen LogP contribution is 2.77. The fourth-order valence-electron chi connectivity index (χ4n) is 20.8. The second-order valence-corrected chi connectivity index (χ2v) is 29.0. The number of aliphatic hydroxyl groups excluding tert-OH is 2. The Labute approximate surface area is 456 Å². The van der Waals surface area contributed by atoms with Crippen LogP contribution in [0.2, 0.25) is 0 Å². The number of allylic oxidation sites excluding steroid dienone is 2. The molecule has 2 aromatic carbocycles. The number of phenolic OH excluding ortho intramolecular Hbond substituents is 1. The van der Waals surface area contributed by atoms with E-state index in [1.807, 2.05) is 26.1 Å². The summed E-state index contributed by atoms with van der Waals surface area (Å²) in [5, 5.41) is 54.3. The summed E-state index contributed by atoms with van der Waals surface area (Å²) < 4.78 is 6.87. The van der Waals surface area contributed by atoms with Crippen LogP contribution in [0.5, 0.6) is 5.75 Å². The average molecular weight is 1040 g/mol. The van der Waals surface area contributed by atoms with Crippen LogP contribution in [0.3, 0.4) is 0 Å². The van der Waals surface area contributed by atoms with E-state index in [0.29, 0.717) is 62.3 Å². The number of phenols is 1. The Bertz CT molecular complexity index is 2580. The summed E-state index contributed by atoms with van der Waals surface area (Å²) in [5.74, 6) is 2.37. The van der Waals surface area contributed by atoms with Crippen LogP contribution in [-0.4, -0.2) is 81.6 Å². The molecule has 418 valence electrons. The predicted molar refractivity (Wildman–Crippen MR) is 300 cm³/mol. The molecule has 1 spiro atoms. The van der Waals surface area contributed by atoms with Crippen molar-refractivity contribution in [2.45, 2.75) is 225 Å². The Morgan fingerprint density at radius 3 is 2.41 bits per heavy atom. The molecule has 76 heavy (non-hydrogen) atoms. The average Bonchev–Trinajstić information content (AvgIpc) is 3.69. The van der Waals surface area contributed by atoms with Gasteiger partial charge < -0.3 is 41.5 Å². The minimum Gasteiger partial charge on any atom is -0.508 e. The van der Waals surface area contributed by atoms with Gasteiger partial charge in [0.15, 0.2) is 5.78 Å². The van der Waals surface area contributed by atoms with Crippen LogP contribution in [0.4, 0.5) is 5.69 Å². The van der Waals surface area contributed by atoms with Crippen molar-refractivity contribution in [3.8, 4) is 5.75 Å². The highest BCUT2D eigenvalue weighted by molar-refractivity contribution is 6.01. The van der Waals surface area contributed by atoms with Crippen LogP contribution < -0.4 is 16.4 Å². The zero-order chi connectivity index (χ0) is 53.9. The molecule has 2 heterocycles. The molecule has 18 unspecified atom stereocenters. The fourth-order valence-corrected chi connectivity index (χ4v) is 20.8. The maximum atomic E-state index is 15.8. The number of β-amino-alcohol motifs (C(OH)–C–C–N with tert-alkyl or cyclic N) is 1. The van der Waals surface area contributed by atoms with Crippen LogP contribution in [0.1, 0.15) is 205 Å². The molecular weight excluding hydrogens is 947 g/mol. The molecule has 4 bridgehead atoms. The summed E-state index contributed by atoms with van der Waals surface area (Å²) in [6.07, 6.45) is 16.6. The van der Waals surface area contributed by atoms with Crippen molar-refractivity contribution in [2.24, 2.45) is 69.0 Å². The minimum absolute atomic E-state index is 0.0261. The lowest BCUT2D eigenvalue weighted by Gasteiger charge is -2.72. The number of ketones is 2. The number of hydrogen-bond donors (Lipinski definition) is 7. The van der Waals surface area contributed by atoms with Crippen molar-refractivity contribution in [3.63, 3.8) is 0 Å².